The first kappa shape index (κ1) is 23.1. The van der Waals surface area contributed by atoms with Crippen LogP contribution in [0.15, 0.2) is 29.1 Å². The molecule has 3 heterocycles. The van der Waals surface area contributed by atoms with E-state index in [1.165, 1.54) is 6.07 Å². The van der Waals surface area contributed by atoms with Crippen LogP contribution in [0.4, 0.5) is 10.1 Å². The number of H-pyrrole nitrogens is 1. The number of nitrogens with zero attached hydrogens (tertiary/aromatic N) is 3. The second-order valence-corrected chi connectivity index (χ2v) is 9.66. The van der Waals surface area contributed by atoms with E-state index in [1.807, 2.05) is 13.0 Å². The molecule has 1 fully saturated rings. The molecule has 1 aromatic heterocycles. The highest BCUT2D eigenvalue weighted by Crippen LogP contribution is 2.37. The number of fused-ring (bicyclic) bond motifs is 2. The lowest BCUT2D eigenvalue weighted by Gasteiger charge is -2.36. The van der Waals surface area contributed by atoms with Crippen molar-refractivity contribution in [2.45, 2.75) is 32.4 Å². The average molecular weight is 504 g/mol. The van der Waals surface area contributed by atoms with Crippen molar-refractivity contribution in [2.75, 3.05) is 31.5 Å². The van der Waals surface area contributed by atoms with Crippen LogP contribution < -0.4 is 10.9 Å². The number of aromatic amines is 1. The van der Waals surface area contributed by atoms with Gasteiger partial charge in [-0.3, -0.25) is 14.5 Å². The van der Waals surface area contributed by atoms with Gasteiger partial charge in [0.2, 0.25) is 5.91 Å². The quantitative estimate of drug-likeness (QED) is 0.546. The van der Waals surface area contributed by atoms with Crippen LogP contribution in [0.5, 0.6) is 0 Å². The highest BCUT2D eigenvalue weighted by molar-refractivity contribution is 6.35. The largest absolute Gasteiger partial charge is 0.374 e. The number of anilines is 1. The molecule has 178 valence electrons. The molecule has 10 heteroatoms. The van der Waals surface area contributed by atoms with Crippen LogP contribution in [0.3, 0.4) is 0 Å². The van der Waals surface area contributed by atoms with Gasteiger partial charge in [0.05, 0.1) is 35.7 Å². The number of likely N-dealkylation sites (tertiary alicyclic amines) is 1. The van der Waals surface area contributed by atoms with E-state index in [4.69, 9.17) is 23.2 Å². The van der Waals surface area contributed by atoms with Crippen molar-refractivity contribution in [3.05, 3.63) is 67.4 Å². The highest BCUT2D eigenvalue weighted by atomic mass is 35.5. The summed E-state index contributed by atoms with van der Waals surface area (Å²) in [5.41, 5.74) is 2.07. The van der Waals surface area contributed by atoms with E-state index in [0.717, 1.165) is 36.7 Å². The van der Waals surface area contributed by atoms with Crippen LogP contribution in [-0.2, 0) is 17.8 Å². The number of nitrogens with one attached hydrogen (secondary N) is 2. The second kappa shape index (κ2) is 9.17. The maximum absolute atomic E-state index is 14.7. The number of carbonyl (C=O) groups is 1. The number of rotatable bonds is 5. The van der Waals surface area contributed by atoms with E-state index in [0.29, 0.717) is 40.9 Å². The molecular formula is C24H24Cl2FN5O2. The summed E-state index contributed by atoms with van der Waals surface area (Å²) in [5, 5.41) is 4.17. The Kier molecular flexibility index (Phi) is 6.22. The Labute approximate surface area is 205 Å². The fraction of sp³-hybridized carbons (Fsp3) is 0.375. The predicted octanol–water partition coefficient (Wildman–Crippen LogP) is 4.13. The van der Waals surface area contributed by atoms with Gasteiger partial charge in [0, 0.05) is 16.6 Å². The van der Waals surface area contributed by atoms with Crippen molar-refractivity contribution in [1.29, 1.82) is 0 Å². The Morgan fingerprint density at radius 2 is 2.03 bits per heavy atom. The standard InChI is InChI=1S/C24H24Cl2FN5O2/c1-13-23-14(7-15(25)8-17(23)26)3-6-32(13)22(33)11-28-20-10-19-16(9-18(20)27)24(34)30-21(29-19)12-31-4-2-5-31/h7-10,13,28H,2-6,11-12H2,1H3,(H,29,30,34). The van der Waals surface area contributed by atoms with Crippen molar-refractivity contribution in [2.24, 2.45) is 0 Å². The van der Waals surface area contributed by atoms with Crippen LogP contribution in [0.25, 0.3) is 10.9 Å². The van der Waals surface area contributed by atoms with Crippen LogP contribution in [0.2, 0.25) is 10.0 Å². The molecule has 5 rings (SSSR count). The molecule has 7 nitrogen and oxygen atoms in total. The zero-order chi connectivity index (χ0) is 24.0. The number of hydrogen-bond acceptors (Lipinski definition) is 5. The van der Waals surface area contributed by atoms with Crippen molar-refractivity contribution in [3.8, 4) is 0 Å². The lowest BCUT2D eigenvalue weighted by molar-refractivity contribution is -0.131. The van der Waals surface area contributed by atoms with Crippen LogP contribution in [0.1, 0.15) is 36.3 Å². The highest BCUT2D eigenvalue weighted by Gasteiger charge is 2.29. The van der Waals surface area contributed by atoms with Crippen LogP contribution in [0, 0.1) is 5.82 Å². The van der Waals surface area contributed by atoms with Crippen molar-refractivity contribution < 1.29 is 9.18 Å². The molecule has 0 aliphatic carbocycles. The van der Waals surface area contributed by atoms with Crippen molar-refractivity contribution >= 4 is 45.7 Å². The summed E-state index contributed by atoms with van der Waals surface area (Å²) >= 11 is 12.5. The molecule has 2 aliphatic heterocycles. The Bertz CT molecular complexity index is 1340. The Hall–Kier alpha value is -2.68. The van der Waals surface area contributed by atoms with Gasteiger partial charge in [0.1, 0.15) is 11.6 Å². The van der Waals surface area contributed by atoms with Gasteiger partial charge >= 0.3 is 0 Å². The first-order valence-corrected chi connectivity index (χ1v) is 12.0. The third-order valence-electron chi connectivity index (χ3n) is 6.60. The Morgan fingerprint density at radius 3 is 2.76 bits per heavy atom. The molecule has 1 unspecified atom stereocenters. The first-order chi connectivity index (χ1) is 16.3. The number of aromatic nitrogens is 2. The van der Waals surface area contributed by atoms with Gasteiger partial charge in [-0.2, -0.15) is 0 Å². The van der Waals surface area contributed by atoms with E-state index in [-0.39, 0.29) is 35.1 Å². The number of carbonyl (C=O) groups excluding carboxylic acids is 1. The van der Waals surface area contributed by atoms with Crippen molar-refractivity contribution in [3.63, 3.8) is 0 Å². The normalized spacial score (nSPS) is 18.0. The molecule has 1 saturated heterocycles. The third-order valence-corrected chi connectivity index (χ3v) is 7.13. The zero-order valence-corrected chi connectivity index (χ0v) is 20.1. The topological polar surface area (TPSA) is 81.3 Å². The van der Waals surface area contributed by atoms with Crippen LogP contribution in [-0.4, -0.2) is 51.9 Å². The Morgan fingerprint density at radius 1 is 1.24 bits per heavy atom. The molecule has 1 amide bonds. The van der Waals surface area contributed by atoms with E-state index < -0.39 is 5.82 Å². The SMILES string of the molecule is CC1c2c(Cl)cc(Cl)cc2CCN1C(=O)CNc1cc2nc(CN3CCC3)[nH]c(=O)c2cc1F. The number of benzene rings is 2. The molecule has 3 aromatic rings. The summed E-state index contributed by atoms with van der Waals surface area (Å²) in [4.78, 5) is 36.6. The van der Waals surface area contributed by atoms with E-state index in [1.54, 1.807) is 11.0 Å². The maximum atomic E-state index is 14.7. The molecular weight excluding hydrogens is 480 g/mol. The smallest absolute Gasteiger partial charge is 0.258 e. The van der Waals surface area contributed by atoms with Gasteiger partial charge in [0.25, 0.3) is 5.56 Å². The van der Waals surface area contributed by atoms with Gasteiger partial charge < -0.3 is 15.2 Å². The first-order valence-electron chi connectivity index (χ1n) is 11.3. The second-order valence-electron chi connectivity index (χ2n) is 8.82. The Balaban J connectivity index is 1.33. The summed E-state index contributed by atoms with van der Waals surface area (Å²) in [7, 11) is 0. The molecule has 34 heavy (non-hydrogen) atoms. The molecule has 0 bridgehead atoms. The number of hydrogen-bond donors (Lipinski definition) is 2. The minimum absolute atomic E-state index is 0.100. The molecule has 2 N–H and O–H groups in total. The van der Waals surface area contributed by atoms with Gasteiger partial charge in [-0.1, -0.05) is 23.2 Å². The molecule has 2 aliphatic rings. The lowest BCUT2D eigenvalue weighted by atomic mass is 9.93. The van der Waals surface area contributed by atoms with Gasteiger partial charge in [-0.15, -0.1) is 0 Å². The molecule has 2 aromatic carbocycles. The van der Waals surface area contributed by atoms with Gasteiger partial charge in [-0.25, -0.2) is 9.37 Å². The monoisotopic (exact) mass is 503 g/mol. The third kappa shape index (κ3) is 4.37. The minimum atomic E-state index is -0.613. The maximum Gasteiger partial charge on any atom is 0.258 e. The summed E-state index contributed by atoms with van der Waals surface area (Å²) < 4.78 is 14.7. The molecule has 1 atom stereocenters. The summed E-state index contributed by atoms with van der Waals surface area (Å²) in [5.74, 6) is -0.248. The summed E-state index contributed by atoms with van der Waals surface area (Å²) in [6, 6.07) is 5.98. The zero-order valence-electron chi connectivity index (χ0n) is 18.6. The average Bonchev–Trinajstić information content (AvgIpc) is 2.75. The summed E-state index contributed by atoms with van der Waals surface area (Å²) in [6.07, 6.45) is 1.77. The number of halogens is 3. The van der Waals surface area contributed by atoms with Crippen molar-refractivity contribution in [1.82, 2.24) is 19.8 Å². The fourth-order valence-electron chi connectivity index (χ4n) is 4.69. The van der Waals surface area contributed by atoms with E-state index in [2.05, 4.69) is 20.2 Å². The molecule has 0 spiro atoms. The molecule has 0 radical (unpaired) electrons. The van der Waals surface area contributed by atoms with Crippen LogP contribution >= 0.6 is 23.2 Å². The number of amides is 1. The van der Waals surface area contributed by atoms with Gasteiger partial charge in [-0.05, 0) is 68.2 Å². The minimum Gasteiger partial charge on any atom is -0.374 e. The molecule has 0 saturated carbocycles. The lowest BCUT2D eigenvalue weighted by Crippen LogP contribution is -2.42. The predicted molar refractivity (Wildman–Crippen MR) is 131 cm³/mol. The summed E-state index contributed by atoms with van der Waals surface area (Å²) in [6.45, 7) is 4.82. The van der Waals surface area contributed by atoms with Gasteiger partial charge in [0.15, 0.2) is 0 Å². The van der Waals surface area contributed by atoms with E-state index >= 15 is 0 Å². The fourth-order valence-corrected chi connectivity index (χ4v) is 5.38. The van der Waals surface area contributed by atoms with E-state index in [9.17, 15) is 14.0 Å².